The highest BCUT2D eigenvalue weighted by Crippen LogP contribution is 2.31. The Balaban J connectivity index is 2.64. The van der Waals surface area contributed by atoms with Gasteiger partial charge in [-0.05, 0) is 12.5 Å². The number of nitrogens with one attached hydrogen (secondary N) is 1. The Morgan fingerprint density at radius 2 is 2.00 bits per heavy atom. The number of para-hydroxylation sites is 1. The molecule has 1 N–H and O–H groups in total. The third kappa shape index (κ3) is 1.73. The molecule has 86 valence electrons. The van der Waals surface area contributed by atoms with Crippen LogP contribution in [-0.4, -0.2) is 14.7 Å². The lowest BCUT2D eigenvalue weighted by atomic mass is 10.2. The minimum absolute atomic E-state index is 0.216. The third-order valence-electron chi connectivity index (χ3n) is 2.30. The largest absolute Gasteiger partial charge is 0.475 e. The van der Waals surface area contributed by atoms with Crippen LogP contribution >= 0.6 is 0 Å². The molecule has 0 aliphatic carbocycles. The fourth-order valence-electron chi connectivity index (χ4n) is 1.56. The lowest BCUT2D eigenvalue weighted by Gasteiger charge is -2.04. The van der Waals surface area contributed by atoms with Gasteiger partial charge in [-0.15, -0.1) is 0 Å². The molecule has 2 aromatic rings. The van der Waals surface area contributed by atoms with E-state index in [2.05, 4.69) is 4.98 Å². The lowest BCUT2D eigenvalue weighted by Crippen LogP contribution is -2.15. The van der Waals surface area contributed by atoms with Crippen LogP contribution < -0.4 is 0 Å². The van der Waals surface area contributed by atoms with E-state index in [-0.39, 0.29) is 4.90 Å². The molecule has 0 spiro atoms. The molecule has 1 unspecified atom stereocenters. The minimum atomic E-state index is -4.72. The second-order valence-electron chi connectivity index (χ2n) is 3.36. The summed E-state index contributed by atoms with van der Waals surface area (Å²) < 4.78 is 48.2. The Morgan fingerprint density at radius 3 is 2.62 bits per heavy atom. The summed E-state index contributed by atoms with van der Waals surface area (Å²) in [5.74, 6) is 0. The zero-order valence-electron chi connectivity index (χ0n) is 8.26. The summed E-state index contributed by atoms with van der Waals surface area (Å²) >= 11 is 0. The number of H-pyrrole nitrogens is 1. The normalized spacial score (nSPS) is 14.2. The van der Waals surface area contributed by atoms with Crippen LogP contribution in [0.5, 0.6) is 0 Å². The molecular formula is C10H8F3NOS. The average molecular weight is 247 g/mol. The number of aryl methyl sites for hydroxylation is 1. The van der Waals surface area contributed by atoms with Crippen molar-refractivity contribution < 1.29 is 17.4 Å². The van der Waals surface area contributed by atoms with Crippen LogP contribution in [0.3, 0.4) is 0 Å². The zero-order valence-corrected chi connectivity index (χ0v) is 9.08. The van der Waals surface area contributed by atoms with Gasteiger partial charge in [-0.2, -0.15) is 13.2 Å². The Labute approximate surface area is 91.9 Å². The highest BCUT2D eigenvalue weighted by Gasteiger charge is 2.39. The number of alkyl halides is 3. The lowest BCUT2D eigenvalue weighted by molar-refractivity contribution is -0.0384. The van der Waals surface area contributed by atoms with Crippen molar-refractivity contribution in [2.24, 2.45) is 0 Å². The maximum Gasteiger partial charge on any atom is 0.475 e. The maximum absolute atomic E-state index is 12.3. The van der Waals surface area contributed by atoms with Crippen molar-refractivity contribution in [3.63, 3.8) is 0 Å². The number of hydrogen-bond donors (Lipinski definition) is 1. The molecule has 0 aliphatic heterocycles. The fraction of sp³-hybridized carbons (Fsp3) is 0.200. The van der Waals surface area contributed by atoms with Crippen molar-refractivity contribution >= 4 is 21.7 Å². The quantitative estimate of drug-likeness (QED) is 0.825. The fourth-order valence-corrected chi connectivity index (χ4v) is 2.34. The summed E-state index contributed by atoms with van der Waals surface area (Å²) in [7, 11) is -2.98. The standard InChI is InChI=1S/C10H8F3NOS/c1-6-3-2-4-7-8(5-14-9(6)7)16(15)10(11,12)13/h2-5,14H,1H3. The first-order chi connectivity index (χ1) is 7.41. The van der Waals surface area contributed by atoms with Gasteiger partial charge in [-0.1, -0.05) is 18.2 Å². The van der Waals surface area contributed by atoms with Crippen molar-refractivity contribution in [3.05, 3.63) is 30.0 Å². The van der Waals surface area contributed by atoms with Gasteiger partial charge in [0.05, 0.1) is 4.90 Å². The van der Waals surface area contributed by atoms with Crippen LogP contribution in [0.2, 0.25) is 0 Å². The van der Waals surface area contributed by atoms with E-state index >= 15 is 0 Å². The van der Waals surface area contributed by atoms with Crippen molar-refractivity contribution in [2.45, 2.75) is 17.3 Å². The number of benzene rings is 1. The Hall–Kier alpha value is -1.30. The van der Waals surface area contributed by atoms with Gasteiger partial charge in [-0.25, -0.2) is 4.21 Å². The Bertz CT molecular complexity index is 559. The third-order valence-corrected chi connectivity index (χ3v) is 3.45. The minimum Gasteiger partial charge on any atom is -0.360 e. The molecule has 0 saturated heterocycles. The molecule has 0 amide bonds. The van der Waals surface area contributed by atoms with Gasteiger partial charge in [0.1, 0.15) is 0 Å². The summed E-state index contributed by atoms with van der Waals surface area (Å²) in [5, 5.41) is 0.357. The molecule has 0 fully saturated rings. The van der Waals surface area contributed by atoms with E-state index in [9.17, 15) is 17.4 Å². The summed E-state index contributed by atoms with van der Waals surface area (Å²) in [6.45, 7) is 1.78. The number of rotatable bonds is 1. The van der Waals surface area contributed by atoms with E-state index in [0.717, 1.165) is 11.8 Å². The highest BCUT2D eigenvalue weighted by molar-refractivity contribution is 7.86. The average Bonchev–Trinajstić information content (AvgIpc) is 2.60. The number of halogens is 3. The molecule has 1 atom stereocenters. The first kappa shape index (κ1) is 11.2. The molecule has 6 heteroatoms. The summed E-state index contributed by atoms with van der Waals surface area (Å²) in [6.07, 6.45) is 1.15. The second kappa shape index (κ2) is 3.62. The first-order valence-electron chi connectivity index (χ1n) is 4.46. The molecule has 0 saturated carbocycles. The van der Waals surface area contributed by atoms with Gasteiger partial charge < -0.3 is 4.98 Å². The van der Waals surface area contributed by atoms with Crippen LogP contribution in [0, 0.1) is 6.92 Å². The number of aromatic nitrogens is 1. The van der Waals surface area contributed by atoms with Crippen LogP contribution in [0.4, 0.5) is 13.2 Å². The highest BCUT2D eigenvalue weighted by atomic mass is 32.2. The number of fused-ring (bicyclic) bond motifs is 1. The van der Waals surface area contributed by atoms with Crippen molar-refractivity contribution in [1.82, 2.24) is 4.98 Å². The van der Waals surface area contributed by atoms with Crippen LogP contribution in [0.1, 0.15) is 5.56 Å². The summed E-state index contributed by atoms with van der Waals surface area (Å²) in [4.78, 5) is 2.50. The van der Waals surface area contributed by atoms with Crippen LogP contribution in [0.15, 0.2) is 29.3 Å². The van der Waals surface area contributed by atoms with Gasteiger partial charge in [0.15, 0.2) is 10.8 Å². The Morgan fingerprint density at radius 1 is 1.31 bits per heavy atom. The van der Waals surface area contributed by atoms with Crippen molar-refractivity contribution in [1.29, 1.82) is 0 Å². The van der Waals surface area contributed by atoms with Gasteiger partial charge in [0, 0.05) is 17.1 Å². The van der Waals surface area contributed by atoms with Crippen LogP contribution in [0.25, 0.3) is 10.9 Å². The molecule has 0 aliphatic rings. The van der Waals surface area contributed by atoms with Crippen molar-refractivity contribution in [2.75, 3.05) is 0 Å². The monoisotopic (exact) mass is 247 g/mol. The van der Waals surface area contributed by atoms with Gasteiger partial charge in [-0.3, -0.25) is 0 Å². The Kier molecular flexibility index (Phi) is 2.53. The molecule has 0 radical (unpaired) electrons. The molecule has 2 nitrogen and oxygen atoms in total. The molecule has 2 rings (SSSR count). The van der Waals surface area contributed by atoms with E-state index in [1.165, 1.54) is 6.07 Å². The molecule has 1 heterocycles. The predicted octanol–water partition coefficient (Wildman–Crippen LogP) is 3.10. The van der Waals surface area contributed by atoms with E-state index in [1.54, 1.807) is 19.1 Å². The maximum atomic E-state index is 12.3. The number of hydrogen-bond acceptors (Lipinski definition) is 1. The van der Waals surface area contributed by atoms with Gasteiger partial charge >= 0.3 is 5.51 Å². The van der Waals surface area contributed by atoms with E-state index < -0.39 is 16.3 Å². The zero-order chi connectivity index (χ0) is 11.9. The predicted molar refractivity (Wildman–Crippen MR) is 55.5 cm³/mol. The van der Waals surface area contributed by atoms with E-state index in [4.69, 9.17) is 0 Å². The summed E-state index contributed by atoms with van der Waals surface area (Å²) in [6, 6.07) is 4.94. The molecule has 16 heavy (non-hydrogen) atoms. The van der Waals surface area contributed by atoms with Gasteiger partial charge in [0.2, 0.25) is 0 Å². The number of aromatic amines is 1. The molecule has 1 aromatic heterocycles. The van der Waals surface area contributed by atoms with Gasteiger partial charge in [0.25, 0.3) is 0 Å². The smallest absolute Gasteiger partial charge is 0.360 e. The van der Waals surface area contributed by atoms with Crippen LogP contribution in [-0.2, 0) is 10.8 Å². The topological polar surface area (TPSA) is 32.9 Å². The van der Waals surface area contributed by atoms with Crippen molar-refractivity contribution in [3.8, 4) is 0 Å². The second-order valence-corrected chi connectivity index (χ2v) is 4.81. The summed E-state index contributed by atoms with van der Waals surface area (Å²) in [5.41, 5.74) is -3.31. The molecule has 1 aromatic carbocycles. The van der Waals surface area contributed by atoms with E-state index in [0.29, 0.717) is 10.9 Å². The SMILES string of the molecule is Cc1cccc2c(S(=O)C(F)(F)F)c[nH]c12. The molecular weight excluding hydrogens is 239 g/mol. The first-order valence-corrected chi connectivity index (χ1v) is 5.61. The van der Waals surface area contributed by atoms with E-state index in [1.807, 2.05) is 0 Å². The molecule has 0 bridgehead atoms.